The second-order valence-corrected chi connectivity index (χ2v) is 5.15. The van der Waals surface area contributed by atoms with E-state index >= 15 is 0 Å². The number of hydrogen-bond donors (Lipinski definition) is 1. The Bertz CT molecular complexity index is 516. The molecule has 0 aliphatic carbocycles. The highest BCUT2D eigenvalue weighted by atomic mass is 79.9. The van der Waals surface area contributed by atoms with Crippen molar-refractivity contribution in [2.75, 3.05) is 0 Å². The molecule has 2 N–H and O–H groups in total. The number of halogens is 2. The lowest BCUT2D eigenvalue weighted by molar-refractivity contribution is 0.325. The summed E-state index contributed by atoms with van der Waals surface area (Å²) in [6.45, 7) is 4.04. The highest BCUT2D eigenvalue weighted by molar-refractivity contribution is 9.10. The van der Waals surface area contributed by atoms with E-state index in [1.165, 1.54) is 0 Å². The molecule has 0 saturated heterocycles. The van der Waals surface area contributed by atoms with Gasteiger partial charge in [-0.25, -0.2) is 0 Å². The number of nitrogens with two attached hydrogens (primary N) is 1. The SMILES string of the molecule is CC(C)[C@H](N)c1nc(-c2cccc(Br)c2)no1.Cl. The van der Waals surface area contributed by atoms with Crippen LogP contribution in [-0.4, -0.2) is 10.1 Å². The van der Waals surface area contributed by atoms with Crippen molar-refractivity contribution in [2.45, 2.75) is 19.9 Å². The molecule has 1 atom stereocenters. The molecule has 1 heterocycles. The van der Waals surface area contributed by atoms with Crippen LogP contribution in [0.4, 0.5) is 0 Å². The van der Waals surface area contributed by atoms with E-state index in [0.717, 1.165) is 10.0 Å². The van der Waals surface area contributed by atoms with Crippen LogP contribution >= 0.6 is 28.3 Å². The minimum absolute atomic E-state index is 0. The van der Waals surface area contributed by atoms with Crippen molar-refractivity contribution >= 4 is 28.3 Å². The zero-order valence-corrected chi connectivity index (χ0v) is 12.5. The lowest BCUT2D eigenvalue weighted by Crippen LogP contribution is -2.16. The minimum atomic E-state index is -0.219. The molecular formula is C12H15BrClN3O. The Balaban J connectivity index is 0.00000162. The van der Waals surface area contributed by atoms with E-state index in [9.17, 15) is 0 Å². The molecule has 0 radical (unpaired) electrons. The summed E-state index contributed by atoms with van der Waals surface area (Å²) in [5.41, 5.74) is 6.86. The summed E-state index contributed by atoms with van der Waals surface area (Å²) in [6.07, 6.45) is 0. The normalized spacial score (nSPS) is 12.3. The van der Waals surface area contributed by atoms with Gasteiger partial charge >= 0.3 is 0 Å². The maximum atomic E-state index is 5.95. The fourth-order valence-corrected chi connectivity index (χ4v) is 1.80. The Kier molecular flexibility index (Phi) is 5.31. The van der Waals surface area contributed by atoms with Gasteiger partial charge in [-0.15, -0.1) is 12.4 Å². The number of rotatable bonds is 3. The maximum absolute atomic E-state index is 5.95. The number of aromatic nitrogens is 2. The van der Waals surface area contributed by atoms with E-state index in [1.54, 1.807) is 0 Å². The van der Waals surface area contributed by atoms with Crippen LogP contribution < -0.4 is 5.73 Å². The fraction of sp³-hybridized carbons (Fsp3) is 0.333. The monoisotopic (exact) mass is 331 g/mol. The first kappa shape index (κ1) is 15.1. The molecule has 0 aliphatic rings. The van der Waals surface area contributed by atoms with Crippen LogP contribution in [0.15, 0.2) is 33.3 Å². The fourth-order valence-electron chi connectivity index (χ4n) is 1.40. The third kappa shape index (κ3) is 3.31. The molecular weight excluding hydrogens is 318 g/mol. The summed E-state index contributed by atoms with van der Waals surface area (Å²) in [5.74, 6) is 1.32. The highest BCUT2D eigenvalue weighted by Gasteiger charge is 2.18. The van der Waals surface area contributed by atoms with E-state index in [1.807, 2.05) is 38.1 Å². The summed E-state index contributed by atoms with van der Waals surface area (Å²) in [7, 11) is 0. The Morgan fingerprint density at radius 2 is 2.06 bits per heavy atom. The molecule has 0 bridgehead atoms. The predicted octanol–water partition coefficient (Wildman–Crippen LogP) is 3.58. The van der Waals surface area contributed by atoms with Crippen molar-refractivity contribution in [1.29, 1.82) is 0 Å². The van der Waals surface area contributed by atoms with Crippen LogP contribution in [-0.2, 0) is 0 Å². The standard InChI is InChI=1S/C12H14BrN3O.ClH/c1-7(2)10(14)12-15-11(16-17-12)8-4-3-5-9(13)6-8;/h3-7,10H,14H2,1-2H3;1H/t10-;/m0./s1. The first-order chi connectivity index (χ1) is 8.08. The van der Waals surface area contributed by atoms with E-state index in [-0.39, 0.29) is 24.4 Å². The van der Waals surface area contributed by atoms with Gasteiger partial charge in [-0.05, 0) is 18.1 Å². The molecule has 1 aromatic heterocycles. The second kappa shape index (κ2) is 6.31. The molecule has 0 unspecified atom stereocenters. The zero-order valence-electron chi connectivity index (χ0n) is 10.1. The molecule has 6 heteroatoms. The molecule has 2 aromatic rings. The summed E-state index contributed by atoms with van der Waals surface area (Å²) in [4.78, 5) is 4.32. The van der Waals surface area contributed by atoms with Gasteiger partial charge in [0.05, 0.1) is 6.04 Å². The van der Waals surface area contributed by atoms with Crippen molar-refractivity contribution < 1.29 is 4.52 Å². The van der Waals surface area contributed by atoms with Crippen LogP contribution in [0.5, 0.6) is 0 Å². The molecule has 0 aliphatic heterocycles. The molecule has 0 amide bonds. The minimum Gasteiger partial charge on any atom is -0.337 e. The van der Waals surface area contributed by atoms with Gasteiger partial charge in [0.1, 0.15) is 0 Å². The van der Waals surface area contributed by atoms with E-state index < -0.39 is 0 Å². The molecule has 0 saturated carbocycles. The topological polar surface area (TPSA) is 64.9 Å². The Labute approximate surface area is 120 Å². The summed E-state index contributed by atoms with van der Waals surface area (Å²) in [6, 6.07) is 7.53. The van der Waals surface area contributed by atoms with E-state index in [4.69, 9.17) is 10.3 Å². The number of benzene rings is 1. The number of nitrogens with zero attached hydrogens (tertiary/aromatic N) is 2. The van der Waals surface area contributed by atoms with Crippen LogP contribution in [0, 0.1) is 5.92 Å². The lowest BCUT2D eigenvalue weighted by atomic mass is 10.1. The quantitative estimate of drug-likeness (QED) is 0.933. The molecule has 18 heavy (non-hydrogen) atoms. The molecule has 98 valence electrons. The van der Waals surface area contributed by atoms with Gasteiger partial charge < -0.3 is 10.3 Å². The van der Waals surface area contributed by atoms with Crippen molar-refractivity contribution in [1.82, 2.24) is 10.1 Å². The smallest absolute Gasteiger partial charge is 0.244 e. The van der Waals surface area contributed by atoms with E-state index in [0.29, 0.717) is 11.7 Å². The van der Waals surface area contributed by atoms with Gasteiger partial charge in [0, 0.05) is 10.0 Å². The third-order valence-electron chi connectivity index (χ3n) is 2.53. The largest absolute Gasteiger partial charge is 0.337 e. The van der Waals surface area contributed by atoms with Gasteiger partial charge in [0.2, 0.25) is 11.7 Å². The summed E-state index contributed by atoms with van der Waals surface area (Å²) < 4.78 is 6.16. The van der Waals surface area contributed by atoms with Gasteiger partial charge in [-0.3, -0.25) is 0 Å². The van der Waals surface area contributed by atoms with Crippen LogP contribution in [0.2, 0.25) is 0 Å². The lowest BCUT2D eigenvalue weighted by Gasteiger charge is -2.09. The Morgan fingerprint density at radius 3 is 2.67 bits per heavy atom. The maximum Gasteiger partial charge on any atom is 0.244 e. The van der Waals surface area contributed by atoms with Crippen molar-refractivity contribution in [3.63, 3.8) is 0 Å². The predicted molar refractivity (Wildman–Crippen MR) is 76.4 cm³/mol. The molecule has 4 nitrogen and oxygen atoms in total. The number of hydrogen-bond acceptors (Lipinski definition) is 4. The third-order valence-corrected chi connectivity index (χ3v) is 3.02. The first-order valence-corrected chi connectivity index (χ1v) is 6.22. The van der Waals surface area contributed by atoms with Gasteiger partial charge in [0.25, 0.3) is 0 Å². The van der Waals surface area contributed by atoms with Crippen LogP contribution in [0.3, 0.4) is 0 Å². The molecule has 0 spiro atoms. The zero-order chi connectivity index (χ0) is 12.4. The van der Waals surface area contributed by atoms with Gasteiger partial charge in [0.15, 0.2) is 0 Å². The average Bonchev–Trinajstić information content (AvgIpc) is 2.77. The Hall–Kier alpha value is -0.910. The first-order valence-electron chi connectivity index (χ1n) is 5.43. The van der Waals surface area contributed by atoms with Crippen molar-refractivity contribution in [3.05, 3.63) is 34.6 Å². The molecule has 1 aromatic carbocycles. The Morgan fingerprint density at radius 1 is 1.33 bits per heavy atom. The summed E-state index contributed by atoms with van der Waals surface area (Å²) in [5, 5.41) is 3.94. The van der Waals surface area contributed by atoms with Crippen LogP contribution in [0.1, 0.15) is 25.8 Å². The van der Waals surface area contributed by atoms with Crippen LogP contribution in [0.25, 0.3) is 11.4 Å². The van der Waals surface area contributed by atoms with Gasteiger partial charge in [-0.2, -0.15) is 4.98 Å². The van der Waals surface area contributed by atoms with Crippen molar-refractivity contribution in [2.24, 2.45) is 11.7 Å². The molecule has 2 rings (SSSR count). The average molecular weight is 333 g/mol. The van der Waals surface area contributed by atoms with E-state index in [2.05, 4.69) is 26.1 Å². The highest BCUT2D eigenvalue weighted by Crippen LogP contribution is 2.23. The second-order valence-electron chi connectivity index (χ2n) is 4.24. The van der Waals surface area contributed by atoms with Crippen molar-refractivity contribution in [3.8, 4) is 11.4 Å². The van der Waals surface area contributed by atoms with Gasteiger partial charge in [-0.1, -0.05) is 47.1 Å². The summed E-state index contributed by atoms with van der Waals surface area (Å²) >= 11 is 3.41. The molecule has 0 fully saturated rings.